The molecule has 0 aromatic heterocycles. The largest absolute Gasteiger partial charge is 0.341 e. The summed E-state index contributed by atoms with van der Waals surface area (Å²) in [5.74, 6) is 1.10. The number of likely N-dealkylation sites (tertiary alicyclic amines) is 1. The molecule has 1 aliphatic heterocycles. The Morgan fingerprint density at radius 2 is 2.19 bits per heavy atom. The lowest BCUT2D eigenvalue weighted by atomic mass is 9.98. The van der Waals surface area contributed by atoms with Gasteiger partial charge in [0.1, 0.15) is 0 Å². The number of carbonyl (C=O) groups is 1. The maximum absolute atomic E-state index is 11.9. The highest BCUT2D eigenvalue weighted by molar-refractivity contribution is 5.76. The molecule has 2 atom stereocenters. The summed E-state index contributed by atoms with van der Waals surface area (Å²) in [6, 6.07) is 0.446. The van der Waals surface area contributed by atoms with Crippen LogP contribution in [0.2, 0.25) is 0 Å². The zero-order chi connectivity index (χ0) is 12.0. The molecule has 1 heterocycles. The first-order chi connectivity index (χ1) is 7.71. The number of amides is 1. The van der Waals surface area contributed by atoms with Gasteiger partial charge in [0.05, 0.1) is 0 Å². The molecule has 0 radical (unpaired) electrons. The molecule has 0 aromatic rings. The lowest BCUT2D eigenvalue weighted by Gasteiger charge is -2.25. The smallest absolute Gasteiger partial charge is 0.222 e. The topological polar surface area (TPSA) is 32.3 Å². The normalized spacial score (nSPS) is 24.3. The Kier molecular flexibility index (Phi) is 5.81. The van der Waals surface area contributed by atoms with Gasteiger partial charge in [-0.2, -0.15) is 0 Å². The molecule has 16 heavy (non-hydrogen) atoms. The van der Waals surface area contributed by atoms with E-state index in [-0.39, 0.29) is 0 Å². The fourth-order valence-corrected chi connectivity index (χ4v) is 2.39. The molecule has 0 aliphatic carbocycles. The molecule has 1 saturated heterocycles. The summed E-state index contributed by atoms with van der Waals surface area (Å²) < 4.78 is 0. The molecule has 0 spiro atoms. The van der Waals surface area contributed by atoms with Crippen molar-refractivity contribution in [2.45, 2.75) is 52.0 Å². The number of carbonyl (C=O) groups excluding carboxylic acids is 1. The van der Waals surface area contributed by atoms with Crippen molar-refractivity contribution in [2.75, 3.05) is 20.1 Å². The third-order valence-corrected chi connectivity index (χ3v) is 3.85. The van der Waals surface area contributed by atoms with Crippen molar-refractivity contribution in [2.24, 2.45) is 5.92 Å². The van der Waals surface area contributed by atoms with Gasteiger partial charge in [0.15, 0.2) is 0 Å². The van der Waals surface area contributed by atoms with Crippen molar-refractivity contribution in [3.63, 3.8) is 0 Å². The number of hydrogen-bond donors (Lipinski definition) is 1. The zero-order valence-electron chi connectivity index (χ0n) is 11.0. The second-order valence-corrected chi connectivity index (χ2v) is 4.84. The van der Waals surface area contributed by atoms with Crippen LogP contribution < -0.4 is 5.32 Å². The van der Waals surface area contributed by atoms with Crippen LogP contribution in [0.1, 0.15) is 46.0 Å². The van der Waals surface area contributed by atoms with Crippen molar-refractivity contribution in [3.8, 4) is 0 Å². The number of rotatable bonds is 5. The monoisotopic (exact) mass is 226 g/mol. The van der Waals surface area contributed by atoms with Crippen molar-refractivity contribution in [3.05, 3.63) is 0 Å². The van der Waals surface area contributed by atoms with Crippen LogP contribution in [0.5, 0.6) is 0 Å². The van der Waals surface area contributed by atoms with Gasteiger partial charge in [-0.15, -0.1) is 0 Å². The minimum absolute atomic E-state index is 0.352. The van der Waals surface area contributed by atoms with Crippen LogP contribution >= 0.6 is 0 Å². The quantitative estimate of drug-likeness (QED) is 0.778. The summed E-state index contributed by atoms with van der Waals surface area (Å²) in [7, 11) is 1.98. The Balaban J connectivity index is 2.48. The maximum atomic E-state index is 11.9. The van der Waals surface area contributed by atoms with E-state index in [0.29, 0.717) is 11.9 Å². The minimum atomic E-state index is 0.352. The molecule has 1 fully saturated rings. The fourth-order valence-electron chi connectivity index (χ4n) is 2.39. The van der Waals surface area contributed by atoms with Crippen LogP contribution in [-0.4, -0.2) is 37.0 Å². The van der Waals surface area contributed by atoms with Crippen LogP contribution in [0.25, 0.3) is 0 Å². The first-order valence-corrected chi connectivity index (χ1v) is 6.66. The highest BCUT2D eigenvalue weighted by Crippen LogP contribution is 2.21. The highest BCUT2D eigenvalue weighted by atomic mass is 16.2. The molecule has 3 nitrogen and oxygen atoms in total. The summed E-state index contributed by atoms with van der Waals surface area (Å²) >= 11 is 0. The summed E-state index contributed by atoms with van der Waals surface area (Å²) in [6.07, 6.45) is 5.31. The van der Waals surface area contributed by atoms with Gasteiger partial charge in [-0.1, -0.05) is 20.3 Å². The zero-order valence-corrected chi connectivity index (χ0v) is 11.0. The van der Waals surface area contributed by atoms with Crippen LogP contribution in [0.3, 0.4) is 0 Å². The van der Waals surface area contributed by atoms with Gasteiger partial charge in [0.2, 0.25) is 5.91 Å². The lowest BCUT2D eigenvalue weighted by molar-refractivity contribution is -0.131. The van der Waals surface area contributed by atoms with Gasteiger partial charge in [-0.3, -0.25) is 4.79 Å². The first kappa shape index (κ1) is 13.5. The van der Waals surface area contributed by atoms with Crippen molar-refractivity contribution in [1.29, 1.82) is 0 Å². The molecule has 0 bridgehead atoms. The SMILES string of the molecule is CCC1CCC(=O)N(CC(CC)NC)CC1. The first-order valence-electron chi connectivity index (χ1n) is 6.66. The lowest BCUT2D eigenvalue weighted by Crippen LogP contribution is -2.42. The summed E-state index contributed by atoms with van der Waals surface area (Å²) in [5, 5.41) is 3.27. The van der Waals surface area contributed by atoms with Gasteiger partial charge >= 0.3 is 0 Å². The van der Waals surface area contributed by atoms with E-state index < -0.39 is 0 Å². The molecule has 0 aromatic carbocycles. The van der Waals surface area contributed by atoms with Crippen LogP contribution in [0, 0.1) is 5.92 Å². The molecule has 1 aliphatic rings. The van der Waals surface area contributed by atoms with Crippen LogP contribution in [-0.2, 0) is 4.79 Å². The van der Waals surface area contributed by atoms with Gasteiger partial charge in [0.25, 0.3) is 0 Å². The molecule has 94 valence electrons. The molecule has 0 saturated carbocycles. The Bertz CT molecular complexity index is 214. The van der Waals surface area contributed by atoms with Crippen molar-refractivity contribution >= 4 is 5.91 Å². The Morgan fingerprint density at radius 1 is 1.44 bits per heavy atom. The summed E-state index contributed by atoms with van der Waals surface area (Å²) in [6.45, 7) is 6.23. The molecule has 1 N–H and O–H groups in total. The van der Waals surface area contributed by atoms with Crippen molar-refractivity contribution < 1.29 is 4.79 Å². The number of hydrogen-bond acceptors (Lipinski definition) is 2. The molecular weight excluding hydrogens is 200 g/mol. The number of nitrogens with zero attached hydrogens (tertiary/aromatic N) is 1. The fraction of sp³-hybridized carbons (Fsp3) is 0.923. The minimum Gasteiger partial charge on any atom is -0.341 e. The third-order valence-electron chi connectivity index (χ3n) is 3.85. The second-order valence-electron chi connectivity index (χ2n) is 4.84. The summed E-state index contributed by atoms with van der Waals surface area (Å²) in [5.41, 5.74) is 0. The average Bonchev–Trinajstić information content (AvgIpc) is 2.49. The maximum Gasteiger partial charge on any atom is 0.222 e. The third kappa shape index (κ3) is 3.78. The predicted molar refractivity (Wildman–Crippen MR) is 67.4 cm³/mol. The van der Waals surface area contributed by atoms with Crippen molar-refractivity contribution in [1.82, 2.24) is 10.2 Å². The van der Waals surface area contributed by atoms with Gasteiger partial charge < -0.3 is 10.2 Å². The van der Waals surface area contributed by atoms with Crippen LogP contribution in [0.4, 0.5) is 0 Å². The molecule has 1 amide bonds. The second kappa shape index (κ2) is 6.89. The highest BCUT2D eigenvalue weighted by Gasteiger charge is 2.22. The standard InChI is InChI=1S/C13H26N2O/c1-4-11-6-7-13(16)15(9-8-11)10-12(5-2)14-3/h11-12,14H,4-10H2,1-3H3. The van der Waals surface area contributed by atoms with E-state index in [1.54, 1.807) is 0 Å². The van der Waals surface area contributed by atoms with E-state index >= 15 is 0 Å². The van der Waals surface area contributed by atoms with E-state index in [2.05, 4.69) is 24.1 Å². The Morgan fingerprint density at radius 3 is 2.75 bits per heavy atom. The van der Waals surface area contributed by atoms with Gasteiger partial charge in [-0.25, -0.2) is 0 Å². The predicted octanol–water partition coefficient (Wildman–Crippen LogP) is 2.02. The number of likely N-dealkylation sites (N-methyl/N-ethyl adjacent to an activating group) is 1. The van der Waals surface area contributed by atoms with E-state index in [9.17, 15) is 4.79 Å². The molecule has 1 rings (SSSR count). The number of nitrogens with one attached hydrogen (secondary N) is 1. The van der Waals surface area contributed by atoms with Gasteiger partial charge in [0, 0.05) is 25.6 Å². The van der Waals surface area contributed by atoms with E-state index in [1.807, 2.05) is 7.05 Å². The summed E-state index contributed by atoms with van der Waals surface area (Å²) in [4.78, 5) is 14.0. The molecule has 3 heteroatoms. The average molecular weight is 226 g/mol. The van der Waals surface area contributed by atoms with E-state index in [0.717, 1.165) is 38.3 Å². The van der Waals surface area contributed by atoms with Crippen LogP contribution in [0.15, 0.2) is 0 Å². The Hall–Kier alpha value is -0.570. The Labute approximate surface area is 99.6 Å². The molecule has 2 unspecified atom stereocenters. The van der Waals surface area contributed by atoms with E-state index in [1.165, 1.54) is 12.8 Å². The molecular formula is C13H26N2O. The van der Waals surface area contributed by atoms with E-state index in [4.69, 9.17) is 0 Å². The van der Waals surface area contributed by atoms with Gasteiger partial charge in [-0.05, 0) is 32.2 Å².